The first-order chi connectivity index (χ1) is 21.3. The molecule has 0 radical (unpaired) electrons. The number of ether oxygens (including phenoxy) is 1. The van der Waals surface area contributed by atoms with Gasteiger partial charge in [0.05, 0.1) is 13.2 Å². The Bertz CT molecular complexity index is 1390. The third kappa shape index (κ3) is 12.3. The lowest BCUT2D eigenvalue weighted by Gasteiger charge is -2.17. The van der Waals surface area contributed by atoms with E-state index in [-0.39, 0.29) is 35.8 Å². The maximum absolute atomic E-state index is 12.4. The summed E-state index contributed by atoms with van der Waals surface area (Å²) < 4.78 is 37.8. The molecule has 1 fully saturated rings. The molecule has 2 aliphatic heterocycles. The number of nitrogens with one attached hydrogen (secondary N) is 4. The molecule has 0 aromatic carbocycles. The number of carbonyl (C=O) groups excluding carboxylic acids is 1. The van der Waals surface area contributed by atoms with Gasteiger partial charge in [0.1, 0.15) is 18.3 Å². The molecule has 22 heteroatoms. The van der Waals surface area contributed by atoms with Gasteiger partial charge < -0.3 is 51.0 Å². The quantitative estimate of drug-likeness (QED) is 0.0211. The zero-order chi connectivity index (χ0) is 33.0. The van der Waals surface area contributed by atoms with Crippen molar-refractivity contribution in [1.29, 1.82) is 5.41 Å². The Morgan fingerprint density at radius 3 is 2.53 bits per heavy atom. The number of hydrogen-bond acceptors (Lipinski definition) is 15. The van der Waals surface area contributed by atoms with Gasteiger partial charge in [-0.25, -0.2) is 18.7 Å². The maximum atomic E-state index is 12.4. The van der Waals surface area contributed by atoms with E-state index in [0.29, 0.717) is 18.8 Å². The summed E-state index contributed by atoms with van der Waals surface area (Å²) in [4.78, 5) is 51.9. The standard InChI is InChI=1S/C23H40N8O11P2S/c24-15(6-5-9-45)10-25-7-3-1-2-4-8-26-17(32)11-27-21-18-22(29-13-28-21)31(14-30-18)23-20(34)19(33)16(41-23)12-40-44(38,39)42-43(35,36)37/h13,16,19-20,23-25,33-34H,1-12,14H2,(H5,26,32,35,36,37,38,39,45)/p+1. The van der Waals surface area contributed by atoms with Crippen molar-refractivity contribution in [3.05, 3.63) is 17.2 Å². The fraction of sp³-hybridized carbons (Fsp3) is 0.739. The van der Waals surface area contributed by atoms with Crippen LogP contribution in [-0.4, -0.2) is 116 Å². The molecule has 0 aliphatic carbocycles. The average Bonchev–Trinajstić information content (AvgIpc) is 3.52. The van der Waals surface area contributed by atoms with Crippen LogP contribution < -0.4 is 31.4 Å². The third-order valence-corrected chi connectivity index (χ3v) is 9.17. The molecule has 9 N–H and O–H groups in total. The predicted molar refractivity (Wildman–Crippen MR) is 162 cm³/mol. The molecule has 0 spiro atoms. The number of thiol groups is 1. The zero-order valence-electron chi connectivity index (χ0n) is 24.4. The molecule has 2 aliphatic rings. The Kier molecular flexibility index (Phi) is 14.9. The van der Waals surface area contributed by atoms with Crippen LogP contribution in [0.25, 0.3) is 0 Å². The van der Waals surface area contributed by atoms with E-state index in [4.69, 9.17) is 19.9 Å². The van der Waals surface area contributed by atoms with Gasteiger partial charge >= 0.3 is 21.1 Å². The highest BCUT2D eigenvalue weighted by molar-refractivity contribution is 7.80. The Morgan fingerprint density at radius 2 is 1.82 bits per heavy atom. The van der Waals surface area contributed by atoms with Crippen molar-refractivity contribution < 1.29 is 52.4 Å². The first kappa shape index (κ1) is 37.5. The number of aliphatic hydroxyl groups is 2. The van der Waals surface area contributed by atoms with Gasteiger partial charge in [-0.2, -0.15) is 21.9 Å². The third-order valence-electron chi connectivity index (χ3n) is 6.71. The number of amides is 1. The van der Waals surface area contributed by atoms with Gasteiger partial charge in [0, 0.05) is 18.8 Å². The van der Waals surface area contributed by atoms with Gasteiger partial charge in [-0.15, -0.1) is 0 Å². The number of nitrogens with zero attached hydrogens (tertiary/aromatic N) is 4. The fourth-order valence-corrected chi connectivity index (χ4v) is 6.28. The van der Waals surface area contributed by atoms with Crippen molar-refractivity contribution in [2.24, 2.45) is 4.99 Å². The minimum atomic E-state index is -5.34. The van der Waals surface area contributed by atoms with E-state index in [2.05, 4.69) is 52.4 Å². The van der Waals surface area contributed by atoms with E-state index in [0.717, 1.165) is 50.8 Å². The molecule has 1 amide bonds. The summed E-state index contributed by atoms with van der Waals surface area (Å²) >= 11 is 4.15. The van der Waals surface area contributed by atoms with E-state index in [1.807, 2.05) is 0 Å². The first-order valence-electron chi connectivity index (χ1n) is 14.2. The number of phosphoric ester groups is 1. The van der Waals surface area contributed by atoms with Gasteiger partial charge in [-0.3, -0.25) is 9.32 Å². The highest BCUT2D eigenvalue weighted by Gasteiger charge is 2.49. The van der Waals surface area contributed by atoms with Crippen molar-refractivity contribution in [2.75, 3.05) is 50.5 Å². The number of anilines is 1. The molecule has 5 unspecified atom stereocenters. The Labute approximate surface area is 264 Å². The van der Waals surface area contributed by atoms with E-state index in [1.165, 1.54) is 10.9 Å². The van der Waals surface area contributed by atoms with Crippen LogP contribution in [-0.2, 0) is 27.5 Å². The second-order valence-electron chi connectivity index (χ2n) is 10.3. The average molecular weight is 700 g/mol. The van der Waals surface area contributed by atoms with Crippen molar-refractivity contribution in [3.63, 3.8) is 0 Å². The predicted octanol–water partition coefficient (Wildman–Crippen LogP) is -2.36. The van der Waals surface area contributed by atoms with Crippen LogP contribution >= 0.6 is 28.3 Å². The molecule has 45 heavy (non-hydrogen) atoms. The van der Waals surface area contributed by atoms with Crippen LogP contribution in [0.1, 0.15) is 38.5 Å². The van der Waals surface area contributed by atoms with E-state index < -0.39 is 46.8 Å². The smallest absolute Gasteiger partial charge is 0.387 e. The number of rotatable bonds is 21. The molecule has 19 nitrogen and oxygen atoms in total. The number of phosphoric acid groups is 2. The van der Waals surface area contributed by atoms with Gasteiger partial charge in [0.2, 0.25) is 18.5 Å². The van der Waals surface area contributed by atoms with Crippen LogP contribution in [0.2, 0.25) is 0 Å². The van der Waals surface area contributed by atoms with Crippen molar-refractivity contribution in [2.45, 2.75) is 63.1 Å². The van der Waals surface area contributed by atoms with Gasteiger partial charge in [0.15, 0.2) is 17.8 Å². The van der Waals surface area contributed by atoms with E-state index in [1.54, 1.807) is 0 Å². The lowest BCUT2D eigenvalue weighted by molar-refractivity contribution is -0.119. The van der Waals surface area contributed by atoms with Crippen LogP contribution in [0.5, 0.6) is 0 Å². The topological polar surface area (TPSA) is 281 Å². The molecule has 5 atom stereocenters. The lowest BCUT2D eigenvalue weighted by atomic mass is 10.1. The SMILES string of the molecule is N=C(CCCS)CNCCCCCCNC(=O)CNc1ncnc2c1=NC[N+]=2C1OC(COP(=O)(O)OP(=O)(O)O)C(O)C1O. The van der Waals surface area contributed by atoms with Crippen LogP contribution in [0.4, 0.5) is 5.82 Å². The lowest BCUT2D eigenvalue weighted by Crippen LogP contribution is -2.49. The summed E-state index contributed by atoms with van der Waals surface area (Å²) in [7, 11) is -10.5. The number of carbonyl (C=O) groups is 1. The van der Waals surface area contributed by atoms with Gasteiger partial charge in [0.25, 0.3) is 0 Å². The Balaban J connectivity index is 1.43. The number of hydrogen-bond donors (Lipinski definition) is 10. The summed E-state index contributed by atoms with van der Waals surface area (Å²) in [5.74, 6) is 0.795. The van der Waals surface area contributed by atoms with E-state index in [9.17, 15) is 29.0 Å². The molecule has 0 bridgehead atoms. The number of aliphatic hydroxyl groups excluding tert-OH is 2. The van der Waals surface area contributed by atoms with Gasteiger partial charge in [-0.1, -0.05) is 12.8 Å². The van der Waals surface area contributed by atoms with Gasteiger partial charge in [-0.05, 0) is 43.0 Å². The normalized spacial score (nSPS) is 22.5. The Morgan fingerprint density at radius 1 is 1.09 bits per heavy atom. The summed E-state index contributed by atoms with van der Waals surface area (Å²) in [5, 5.41) is 38.1. The van der Waals surface area contributed by atoms with Crippen LogP contribution in [0, 0.1) is 5.41 Å². The summed E-state index contributed by atoms with van der Waals surface area (Å²) in [6.07, 6.45) is 0.925. The molecule has 1 saturated heterocycles. The summed E-state index contributed by atoms with van der Waals surface area (Å²) in [6, 6.07) is 0. The molecule has 1 aromatic heterocycles. The van der Waals surface area contributed by atoms with Crippen molar-refractivity contribution in [3.8, 4) is 0 Å². The molecular weight excluding hydrogens is 658 g/mol. The first-order valence-corrected chi connectivity index (χ1v) is 17.9. The summed E-state index contributed by atoms with van der Waals surface area (Å²) in [6.45, 7) is 0.976. The molecule has 3 heterocycles. The van der Waals surface area contributed by atoms with Crippen molar-refractivity contribution >= 4 is 45.7 Å². The second-order valence-corrected chi connectivity index (χ2v) is 13.5. The molecule has 0 saturated carbocycles. The molecular formula is C23H41N8O11P2S+. The fourth-order valence-electron chi connectivity index (χ4n) is 4.52. The highest BCUT2D eigenvalue weighted by Crippen LogP contribution is 2.57. The number of unbranched alkanes of at least 4 members (excludes halogenated alkanes) is 3. The van der Waals surface area contributed by atoms with E-state index >= 15 is 0 Å². The van der Waals surface area contributed by atoms with Crippen molar-refractivity contribution in [1.82, 2.24) is 25.2 Å². The second kappa shape index (κ2) is 17.8. The zero-order valence-corrected chi connectivity index (χ0v) is 27.1. The minimum Gasteiger partial charge on any atom is -0.387 e. The Hall–Kier alpha value is -1.93. The molecule has 3 rings (SSSR count). The molecule has 254 valence electrons. The largest absolute Gasteiger partial charge is 0.481 e. The maximum Gasteiger partial charge on any atom is 0.481 e. The summed E-state index contributed by atoms with van der Waals surface area (Å²) in [5.41, 5.74) is 0.920. The van der Waals surface area contributed by atoms with Crippen LogP contribution in [0.15, 0.2) is 11.3 Å². The molecule has 1 aromatic rings. The monoisotopic (exact) mass is 699 g/mol. The number of aromatic nitrogens is 2. The highest BCUT2D eigenvalue weighted by atomic mass is 32.1. The minimum absolute atomic E-state index is 0.0646. The number of fused-ring (bicyclic) bond motifs is 1. The van der Waals surface area contributed by atoms with Crippen LogP contribution in [0.3, 0.4) is 0 Å².